The number of hydrogen-bond acceptors (Lipinski definition) is 23. The molecule has 82 heavy (non-hydrogen) atoms. The first kappa shape index (κ1) is 61.0. The number of phenols is 12. The lowest BCUT2D eigenvalue weighted by molar-refractivity contribution is 0.0306. The zero-order valence-electron chi connectivity index (χ0n) is 44.7. The third-order valence-electron chi connectivity index (χ3n) is 12.5. The van der Waals surface area contributed by atoms with E-state index in [0.717, 1.165) is 66.7 Å². The summed E-state index contributed by atoms with van der Waals surface area (Å²) in [7, 11) is 0. The molecule has 0 aliphatic rings. The zero-order valence-corrected chi connectivity index (χ0v) is 44.7. The first-order valence-electron chi connectivity index (χ1n) is 25.0. The van der Waals surface area contributed by atoms with E-state index in [2.05, 4.69) is 0 Å². The molecule has 0 aliphatic heterocycles. The molecular weight excluding hydrogens is 1080 g/mol. The van der Waals surface area contributed by atoms with Crippen molar-refractivity contribution in [2.45, 2.75) is 104 Å². The van der Waals surface area contributed by atoms with Crippen LogP contribution in [0, 0.1) is 6.92 Å². The van der Waals surface area contributed by atoms with Gasteiger partial charge in [-0.3, -0.25) is 0 Å². The van der Waals surface area contributed by atoms with Crippen LogP contribution in [0.5, 0.6) is 69.0 Å². The number of carbonyl (C=O) groups excluding carboxylic acids is 5. The molecule has 6 rings (SSSR count). The van der Waals surface area contributed by atoms with Gasteiger partial charge in [0.25, 0.3) is 0 Å². The Kier molecular flexibility index (Phi) is 18.8. The van der Waals surface area contributed by atoms with E-state index < -0.39 is 164 Å². The Morgan fingerprint density at radius 2 is 0.488 bits per heavy atom. The second-order valence-corrected chi connectivity index (χ2v) is 19.6. The normalized spacial score (nSPS) is 13.0. The Morgan fingerprint density at radius 3 is 0.707 bits per heavy atom. The zero-order chi connectivity index (χ0) is 60.8. The van der Waals surface area contributed by atoms with E-state index in [9.17, 15) is 95.2 Å². The van der Waals surface area contributed by atoms with Crippen molar-refractivity contribution in [1.82, 2.24) is 0 Å². The molecule has 0 unspecified atom stereocenters. The lowest BCUT2D eigenvalue weighted by atomic mass is 9.98. The van der Waals surface area contributed by atoms with Crippen molar-refractivity contribution in [3.8, 4) is 69.0 Å². The largest absolute Gasteiger partial charge is 0.508 e. The fourth-order valence-corrected chi connectivity index (χ4v) is 9.32. The van der Waals surface area contributed by atoms with Crippen molar-refractivity contribution >= 4 is 35.8 Å². The van der Waals surface area contributed by atoms with Crippen LogP contribution < -0.4 is 0 Å². The second kappa shape index (κ2) is 25.2. The van der Waals surface area contributed by atoms with Crippen LogP contribution in [-0.4, -0.2) is 133 Å². The Morgan fingerprint density at radius 1 is 0.305 bits per heavy atom. The Bertz CT molecular complexity index is 3470. The number of aryl methyl sites for hydroxylation is 1. The lowest BCUT2D eigenvalue weighted by Gasteiger charge is -2.21. The van der Waals surface area contributed by atoms with E-state index in [0.29, 0.717) is 0 Å². The van der Waals surface area contributed by atoms with E-state index in [1.807, 2.05) is 0 Å². The molecule has 0 radical (unpaired) electrons. The average Bonchev–Trinajstić information content (AvgIpc) is 3.49. The molecular formula is C58H58O24. The molecule has 13 N–H and O–H groups in total. The number of esters is 5. The average molecular weight is 1140 g/mol. The number of rotatable bonds is 21. The van der Waals surface area contributed by atoms with Gasteiger partial charge in [-0.05, 0) is 111 Å². The highest BCUT2D eigenvalue weighted by Gasteiger charge is 2.31. The summed E-state index contributed by atoms with van der Waals surface area (Å²) >= 11 is 0. The van der Waals surface area contributed by atoms with Gasteiger partial charge >= 0.3 is 35.8 Å². The third-order valence-corrected chi connectivity index (χ3v) is 12.5. The fraction of sp³-hybridized carbons (Fsp3) is 0.276. The number of benzene rings is 6. The molecule has 6 aromatic rings. The summed E-state index contributed by atoms with van der Waals surface area (Å²) in [6, 6.07) is 11.7. The predicted molar refractivity (Wildman–Crippen MR) is 283 cm³/mol. The SMILES string of the molecule is Cc1cc(O)cc(O)c1C(=O)O[C@@H](C)Cc1cc(O)cc(O)c1C(=O)O[C@@H](C)Cc1cc(O)cc(O)c1C(=O)O[C@@H](C)Cc1cc(O)cc(O)c1C(=O)O[C@@H](C)Cc1cc(O)cc(O)c1C(=O)O[C@@H](C)Cc1cc(O)cc(O)c1C(=O)O. The van der Waals surface area contributed by atoms with Crippen LogP contribution in [0.2, 0.25) is 0 Å². The third kappa shape index (κ3) is 14.7. The highest BCUT2D eigenvalue weighted by atomic mass is 16.6. The van der Waals surface area contributed by atoms with Crippen LogP contribution in [0.1, 0.15) is 130 Å². The maximum Gasteiger partial charge on any atom is 0.342 e. The molecule has 0 bridgehead atoms. The number of carboxylic acids is 1. The van der Waals surface area contributed by atoms with Gasteiger partial charge in [0, 0.05) is 68.5 Å². The molecule has 0 heterocycles. The molecule has 24 nitrogen and oxygen atoms in total. The topological polar surface area (TPSA) is 412 Å². The molecule has 434 valence electrons. The van der Waals surface area contributed by atoms with E-state index in [1.165, 1.54) is 47.6 Å². The second-order valence-electron chi connectivity index (χ2n) is 19.6. The number of aromatic hydroxyl groups is 12. The molecule has 0 saturated heterocycles. The molecule has 24 heteroatoms. The Labute approximate surface area is 466 Å². The molecule has 5 atom stereocenters. The van der Waals surface area contributed by atoms with Crippen LogP contribution >= 0.6 is 0 Å². The van der Waals surface area contributed by atoms with Crippen molar-refractivity contribution in [3.05, 3.63) is 140 Å². The number of carbonyl (C=O) groups is 6. The van der Waals surface area contributed by atoms with E-state index >= 15 is 0 Å². The van der Waals surface area contributed by atoms with Crippen LogP contribution in [0.4, 0.5) is 0 Å². The minimum absolute atomic E-state index is 0.0376. The molecule has 0 fully saturated rings. The smallest absolute Gasteiger partial charge is 0.342 e. The minimum atomic E-state index is -1.53. The van der Waals surface area contributed by atoms with Crippen LogP contribution in [0.15, 0.2) is 72.8 Å². The number of carboxylic acid groups (broad SMARTS) is 1. The molecule has 0 spiro atoms. The summed E-state index contributed by atoms with van der Waals surface area (Å²) in [6.07, 6.45) is -7.60. The van der Waals surface area contributed by atoms with Gasteiger partial charge < -0.3 is 90.1 Å². The van der Waals surface area contributed by atoms with Crippen LogP contribution in [-0.2, 0) is 55.8 Å². The summed E-state index contributed by atoms with van der Waals surface area (Å²) in [5.74, 6) is -14.3. The first-order chi connectivity index (χ1) is 38.4. The summed E-state index contributed by atoms with van der Waals surface area (Å²) in [5, 5.41) is 135. The highest BCUT2D eigenvalue weighted by Crippen LogP contribution is 2.37. The van der Waals surface area contributed by atoms with Gasteiger partial charge in [-0.1, -0.05) is 0 Å². The van der Waals surface area contributed by atoms with Crippen molar-refractivity contribution < 1.29 is 119 Å². The van der Waals surface area contributed by atoms with Gasteiger partial charge in [0.05, 0.1) is 0 Å². The minimum Gasteiger partial charge on any atom is -0.508 e. The van der Waals surface area contributed by atoms with Crippen molar-refractivity contribution in [2.24, 2.45) is 0 Å². The summed E-state index contributed by atoms with van der Waals surface area (Å²) < 4.78 is 27.8. The first-order valence-corrected chi connectivity index (χ1v) is 25.0. The van der Waals surface area contributed by atoms with Crippen molar-refractivity contribution in [2.75, 3.05) is 0 Å². The maximum atomic E-state index is 13.9. The molecule has 0 aliphatic carbocycles. The number of phenolic OH excluding ortho intramolecular Hbond substituents is 11. The lowest BCUT2D eigenvalue weighted by Crippen LogP contribution is -2.24. The van der Waals surface area contributed by atoms with Gasteiger partial charge in [-0.2, -0.15) is 0 Å². The number of ether oxygens (including phenoxy) is 5. The van der Waals surface area contributed by atoms with Crippen molar-refractivity contribution in [1.29, 1.82) is 0 Å². The van der Waals surface area contributed by atoms with Gasteiger partial charge in [0.2, 0.25) is 0 Å². The van der Waals surface area contributed by atoms with Crippen molar-refractivity contribution in [3.63, 3.8) is 0 Å². The summed E-state index contributed by atoms with van der Waals surface area (Å²) in [5.41, 5.74) is -2.99. The quantitative estimate of drug-likeness (QED) is 0.0252. The van der Waals surface area contributed by atoms with Crippen LogP contribution in [0.3, 0.4) is 0 Å². The van der Waals surface area contributed by atoms with E-state index in [-0.39, 0.29) is 70.4 Å². The number of hydrogen-bond donors (Lipinski definition) is 13. The van der Waals surface area contributed by atoms with E-state index in [1.54, 1.807) is 0 Å². The summed E-state index contributed by atoms with van der Waals surface area (Å²) in [6.45, 7) is 8.34. The molecule has 6 aromatic carbocycles. The van der Waals surface area contributed by atoms with Crippen LogP contribution in [0.25, 0.3) is 0 Å². The molecule has 0 saturated carbocycles. The fourth-order valence-electron chi connectivity index (χ4n) is 9.32. The van der Waals surface area contributed by atoms with E-state index in [4.69, 9.17) is 23.7 Å². The molecule has 0 aromatic heterocycles. The Hall–Kier alpha value is -10.3. The standard InChI is InChI=1S/C58H58O24/c1-24-7-35(59)18-41(65)47(24)54(73)78-26(3)9-31-14-37(61)20-43(67)49(31)56(75)80-28(5)11-33-16-39(63)22-45(69)51(33)58(77)82-29(6)12-34-17-40(64)23-46(70)52(34)57(76)81-27(4)10-32-15-38(62)21-44(68)50(32)55(74)79-25(2)8-30-13-36(60)19-42(66)48(30)53(71)72/h7,13-23,25-29,59-70H,8-12H2,1-6H3,(H,71,72)/t25-,26-,27-,28-,29-/m0/s1. The predicted octanol–water partition coefficient (Wildman–Crippen LogP) is 7.10. The molecule has 0 amide bonds. The van der Waals surface area contributed by atoms with Gasteiger partial charge in [-0.25, -0.2) is 28.8 Å². The Balaban J connectivity index is 1.13. The monoisotopic (exact) mass is 1140 g/mol. The number of aromatic carboxylic acids is 1. The van der Waals surface area contributed by atoms with Gasteiger partial charge in [-0.15, -0.1) is 0 Å². The van der Waals surface area contributed by atoms with Gasteiger partial charge in [0.15, 0.2) is 0 Å². The maximum absolute atomic E-state index is 13.9. The van der Waals surface area contributed by atoms with Gasteiger partial charge in [0.1, 0.15) is 133 Å². The highest BCUT2D eigenvalue weighted by molar-refractivity contribution is 5.98. The summed E-state index contributed by atoms with van der Waals surface area (Å²) in [4.78, 5) is 79.8.